The molecule has 124 valence electrons. The fourth-order valence-corrected chi connectivity index (χ4v) is 2.39. The van der Waals surface area contributed by atoms with E-state index in [9.17, 15) is 4.79 Å². The van der Waals surface area contributed by atoms with Crippen molar-refractivity contribution < 1.29 is 9.32 Å². The van der Waals surface area contributed by atoms with Crippen molar-refractivity contribution in [3.05, 3.63) is 53.5 Å². The predicted octanol–water partition coefficient (Wildman–Crippen LogP) is 3.53. The number of anilines is 1. The van der Waals surface area contributed by atoms with Gasteiger partial charge in [-0.2, -0.15) is 4.98 Å². The molecule has 0 aliphatic carbocycles. The minimum Gasteiger partial charge on any atom is -0.345 e. The summed E-state index contributed by atoms with van der Waals surface area (Å²) in [6.07, 6.45) is 1.95. The van der Waals surface area contributed by atoms with Gasteiger partial charge in [0.05, 0.1) is 22.9 Å². The average Bonchev–Trinajstić information content (AvgIpc) is 3.23. The molecule has 7 nitrogen and oxygen atoms in total. The molecular weight excluding hydrogens is 330 g/mol. The van der Waals surface area contributed by atoms with E-state index in [1.807, 2.05) is 29.8 Å². The van der Waals surface area contributed by atoms with Gasteiger partial charge in [0.1, 0.15) is 0 Å². The van der Waals surface area contributed by atoms with Crippen LogP contribution in [0.3, 0.4) is 0 Å². The highest BCUT2D eigenvalue weighted by Crippen LogP contribution is 2.20. The van der Waals surface area contributed by atoms with Gasteiger partial charge in [0, 0.05) is 12.7 Å². The lowest BCUT2D eigenvalue weighted by molar-refractivity contribution is 0.249. The van der Waals surface area contributed by atoms with E-state index in [2.05, 4.69) is 20.8 Å². The highest BCUT2D eigenvalue weighted by molar-refractivity contribution is 6.33. The molecule has 0 saturated carbocycles. The number of carbonyl (C=O) groups is 1. The summed E-state index contributed by atoms with van der Waals surface area (Å²) < 4.78 is 7.18. The van der Waals surface area contributed by atoms with E-state index in [-0.39, 0.29) is 6.54 Å². The molecule has 8 heteroatoms. The monoisotopic (exact) mass is 345 g/mol. The number of halogens is 1. The number of amides is 2. The molecule has 3 rings (SSSR count). The Morgan fingerprint density at radius 1 is 1.29 bits per heavy atom. The van der Waals surface area contributed by atoms with Crippen molar-refractivity contribution in [1.82, 2.24) is 20.0 Å². The number of nitrogens with one attached hydrogen (secondary N) is 2. The van der Waals surface area contributed by atoms with E-state index >= 15 is 0 Å². The number of urea groups is 1. The van der Waals surface area contributed by atoms with Gasteiger partial charge in [0.25, 0.3) is 0 Å². The van der Waals surface area contributed by atoms with Gasteiger partial charge in [-0.3, -0.25) is 0 Å². The lowest BCUT2D eigenvalue weighted by Crippen LogP contribution is -2.28. The maximum atomic E-state index is 11.9. The number of hydrogen-bond donors (Lipinski definition) is 2. The van der Waals surface area contributed by atoms with Crippen molar-refractivity contribution in [2.45, 2.75) is 20.0 Å². The van der Waals surface area contributed by atoms with Crippen molar-refractivity contribution in [3.63, 3.8) is 0 Å². The van der Waals surface area contributed by atoms with Crippen LogP contribution in [0.2, 0.25) is 5.02 Å². The smallest absolute Gasteiger partial charge is 0.319 e. The van der Waals surface area contributed by atoms with Crippen LogP contribution in [0.1, 0.15) is 12.8 Å². The number of rotatable bonds is 5. The number of para-hydroxylation sites is 1. The SMILES string of the molecule is CCn1cccc1-c1noc(CNC(=O)Nc2ccccc2Cl)n1. The van der Waals surface area contributed by atoms with E-state index in [1.165, 1.54) is 0 Å². The molecule has 0 spiro atoms. The van der Waals surface area contributed by atoms with E-state index < -0.39 is 6.03 Å². The van der Waals surface area contributed by atoms with Crippen LogP contribution in [-0.2, 0) is 13.1 Å². The molecule has 0 bridgehead atoms. The normalized spacial score (nSPS) is 10.6. The molecule has 0 radical (unpaired) electrons. The molecule has 0 unspecified atom stereocenters. The highest BCUT2D eigenvalue weighted by Gasteiger charge is 2.12. The van der Waals surface area contributed by atoms with Crippen LogP contribution in [0.15, 0.2) is 47.1 Å². The molecule has 1 aromatic carbocycles. The molecule has 2 heterocycles. The molecule has 0 fully saturated rings. The summed E-state index contributed by atoms with van der Waals surface area (Å²) in [4.78, 5) is 16.2. The maximum Gasteiger partial charge on any atom is 0.319 e. The summed E-state index contributed by atoms with van der Waals surface area (Å²) in [5.41, 5.74) is 1.40. The third-order valence-corrected chi connectivity index (χ3v) is 3.72. The second kappa shape index (κ2) is 7.18. The second-order valence-electron chi connectivity index (χ2n) is 4.98. The number of nitrogens with zero attached hydrogens (tertiary/aromatic N) is 3. The number of benzene rings is 1. The molecule has 2 N–H and O–H groups in total. The van der Waals surface area contributed by atoms with Crippen LogP contribution >= 0.6 is 11.6 Å². The van der Waals surface area contributed by atoms with Crippen molar-refractivity contribution in [2.24, 2.45) is 0 Å². The van der Waals surface area contributed by atoms with Gasteiger partial charge < -0.3 is 19.7 Å². The van der Waals surface area contributed by atoms with Gasteiger partial charge in [-0.05, 0) is 31.2 Å². The van der Waals surface area contributed by atoms with E-state index in [1.54, 1.807) is 24.3 Å². The Morgan fingerprint density at radius 2 is 2.12 bits per heavy atom. The Morgan fingerprint density at radius 3 is 2.92 bits per heavy atom. The number of aryl methyl sites for hydroxylation is 1. The first kappa shape index (κ1) is 16.1. The molecule has 3 aromatic rings. The van der Waals surface area contributed by atoms with Gasteiger partial charge in [-0.1, -0.05) is 28.9 Å². The van der Waals surface area contributed by atoms with Crippen LogP contribution in [0.25, 0.3) is 11.5 Å². The molecule has 0 saturated heterocycles. The quantitative estimate of drug-likeness (QED) is 0.740. The Labute approximate surface area is 143 Å². The van der Waals surface area contributed by atoms with E-state index in [4.69, 9.17) is 16.1 Å². The Hall–Kier alpha value is -2.80. The van der Waals surface area contributed by atoms with Crippen molar-refractivity contribution in [1.29, 1.82) is 0 Å². The van der Waals surface area contributed by atoms with Crippen LogP contribution < -0.4 is 10.6 Å². The van der Waals surface area contributed by atoms with Gasteiger partial charge in [-0.25, -0.2) is 4.79 Å². The largest absolute Gasteiger partial charge is 0.345 e. The van der Waals surface area contributed by atoms with Crippen molar-refractivity contribution >= 4 is 23.3 Å². The number of hydrogen-bond acceptors (Lipinski definition) is 4. The van der Waals surface area contributed by atoms with Crippen molar-refractivity contribution in [3.8, 4) is 11.5 Å². The van der Waals surface area contributed by atoms with Crippen LogP contribution in [0, 0.1) is 0 Å². The first-order valence-corrected chi connectivity index (χ1v) is 7.82. The molecule has 2 amide bonds. The third-order valence-electron chi connectivity index (χ3n) is 3.39. The summed E-state index contributed by atoms with van der Waals surface area (Å²) in [5, 5.41) is 9.72. The molecule has 24 heavy (non-hydrogen) atoms. The van der Waals surface area contributed by atoms with E-state index in [0.29, 0.717) is 22.4 Å². The summed E-state index contributed by atoms with van der Waals surface area (Å²) in [6.45, 7) is 2.96. The van der Waals surface area contributed by atoms with E-state index in [0.717, 1.165) is 12.2 Å². The maximum absolute atomic E-state index is 11.9. The Bertz CT molecular complexity index is 842. The highest BCUT2D eigenvalue weighted by atomic mass is 35.5. The minimum absolute atomic E-state index is 0.121. The predicted molar refractivity (Wildman–Crippen MR) is 90.7 cm³/mol. The molecule has 2 aromatic heterocycles. The zero-order valence-corrected chi connectivity index (χ0v) is 13.7. The van der Waals surface area contributed by atoms with Gasteiger partial charge in [0.15, 0.2) is 0 Å². The average molecular weight is 346 g/mol. The lowest BCUT2D eigenvalue weighted by atomic mass is 10.3. The summed E-state index contributed by atoms with van der Waals surface area (Å²) in [6, 6.07) is 10.4. The summed E-state index contributed by atoms with van der Waals surface area (Å²) in [5.74, 6) is 0.813. The first-order chi connectivity index (χ1) is 11.7. The van der Waals surface area contributed by atoms with Gasteiger partial charge >= 0.3 is 6.03 Å². The fraction of sp³-hybridized carbons (Fsp3) is 0.188. The Balaban J connectivity index is 1.59. The number of aromatic nitrogens is 3. The molecular formula is C16H16ClN5O2. The van der Waals surface area contributed by atoms with Crippen molar-refractivity contribution in [2.75, 3.05) is 5.32 Å². The molecule has 0 atom stereocenters. The fourth-order valence-electron chi connectivity index (χ4n) is 2.21. The first-order valence-electron chi connectivity index (χ1n) is 7.45. The standard InChI is InChI=1S/C16H16ClN5O2/c1-2-22-9-5-8-13(22)15-20-14(24-21-15)10-18-16(23)19-12-7-4-3-6-11(12)17/h3-9H,2,10H2,1H3,(H2,18,19,23). The number of carbonyl (C=O) groups excluding carboxylic acids is 1. The second-order valence-corrected chi connectivity index (χ2v) is 5.39. The topological polar surface area (TPSA) is 85.0 Å². The van der Waals surface area contributed by atoms with Crippen LogP contribution in [0.5, 0.6) is 0 Å². The zero-order valence-electron chi connectivity index (χ0n) is 13.0. The summed E-state index contributed by atoms with van der Waals surface area (Å²) in [7, 11) is 0. The third kappa shape index (κ3) is 3.57. The van der Waals surface area contributed by atoms with Crippen LogP contribution in [0.4, 0.5) is 10.5 Å². The van der Waals surface area contributed by atoms with Gasteiger partial charge in [0.2, 0.25) is 11.7 Å². The lowest BCUT2D eigenvalue weighted by Gasteiger charge is -2.07. The van der Waals surface area contributed by atoms with Crippen LogP contribution in [-0.4, -0.2) is 20.7 Å². The molecule has 0 aliphatic heterocycles. The molecule has 0 aliphatic rings. The summed E-state index contributed by atoms with van der Waals surface area (Å²) >= 11 is 5.99. The van der Waals surface area contributed by atoms with Gasteiger partial charge in [-0.15, -0.1) is 0 Å². The zero-order chi connectivity index (χ0) is 16.9. The Kier molecular flexibility index (Phi) is 4.81. The minimum atomic E-state index is -0.403.